The fourth-order valence-electron chi connectivity index (χ4n) is 0.776. The second-order valence-electron chi connectivity index (χ2n) is 2.43. The van der Waals surface area contributed by atoms with Crippen LogP contribution in [0.1, 0.15) is 25.3 Å². The molecule has 0 bridgehead atoms. The quantitative estimate of drug-likeness (QED) is 0.617. The Balaban J connectivity index is 2.90. The molecule has 3 heteroatoms. The van der Waals surface area contributed by atoms with Crippen LogP contribution < -0.4 is 0 Å². The smallest absolute Gasteiger partial charge is 0.196 e. The molecule has 0 N–H and O–H groups in total. The third kappa shape index (κ3) is 1.34. The highest BCUT2D eigenvalue weighted by atomic mass is 32.2. The van der Waals surface area contributed by atoms with Crippen molar-refractivity contribution in [2.45, 2.75) is 24.9 Å². The van der Waals surface area contributed by atoms with E-state index in [1.807, 2.05) is 6.26 Å². The Bertz CT molecular complexity index is 207. The highest BCUT2D eigenvalue weighted by molar-refractivity contribution is 7.98. The lowest BCUT2D eigenvalue weighted by molar-refractivity contribution is 0.346. The van der Waals surface area contributed by atoms with Crippen LogP contribution in [0.5, 0.6) is 0 Å². The van der Waals surface area contributed by atoms with Crippen molar-refractivity contribution in [2.24, 2.45) is 0 Å². The van der Waals surface area contributed by atoms with Gasteiger partial charge in [0, 0.05) is 5.56 Å². The molecule has 0 aromatic carbocycles. The minimum Gasteiger partial charge on any atom is -0.350 e. The molecular formula is C7H11NOS. The van der Waals surface area contributed by atoms with Crippen LogP contribution in [0, 0.1) is 0 Å². The number of aromatic nitrogens is 1. The van der Waals surface area contributed by atoms with Gasteiger partial charge >= 0.3 is 0 Å². The fourth-order valence-corrected chi connectivity index (χ4v) is 1.42. The molecule has 0 aliphatic rings. The molecule has 1 heterocycles. The lowest BCUT2D eigenvalue weighted by atomic mass is 10.1. The van der Waals surface area contributed by atoms with Crippen LogP contribution in [-0.2, 0) is 0 Å². The van der Waals surface area contributed by atoms with Crippen molar-refractivity contribution < 1.29 is 4.52 Å². The van der Waals surface area contributed by atoms with Gasteiger partial charge in [-0.15, -0.1) is 0 Å². The molecule has 0 radical (unpaired) electrons. The Morgan fingerprint density at radius 3 is 2.70 bits per heavy atom. The summed E-state index contributed by atoms with van der Waals surface area (Å²) in [5.41, 5.74) is 1.20. The van der Waals surface area contributed by atoms with Crippen molar-refractivity contribution in [1.82, 2.24) is 5.16 Å². The molecule has 0 saturated heterocycles. The first-order valence-corrected chi connectivity index (χ1v) is 4.46. The van der Waals surface area contributed by atoms with Crippen molar-refractivity contribution in [3.63, 3.8) is 0 Å². The van der Waals surface area contributed by atoms with Gasteiger partial charge in [0.15, 0.2) is 5.09 Å². The molecule has 0 aliphatic heterocycles. The summed E-state index contributed by atoms with van der Waals surface area (Å²) in [6, 6.07) is 0. The second kappa shape index (κ2) is 3.10. The van der Waals surface area contributed by atoms with E-state index in [0.717, 1.165) is 5.09 Å². The molecule has 0 amide bonds. The average molecular weight is 157 g/mol. The topological polar surface area (TPSA) is 26.0 Å². The van der Waals surface area contributed by atoms with Crippen LogP contribution in [0.4, 0.5) is 0 Å². The average Bonchev–Trinajstić information content (AvgIpc) is 2.33. The lowest BCUT2D eigenvalue weighted by Gasteiger charge is -1.99. The van der Waals surface area contributed by atoms with Crippen molar-refractivity contribution in [1.29, 1.82) is 0 Å². The Hall–Kier alpha value is -0.440. The van der Waals surface area contributed by atoms with Crippen LogP contribution in [0.3, 0.4) is 0 Å². The lowest BCUT2D eigenvalue weighted by Crippen LogP contribution is -1.84. The van der Waals surface area contributed by atoms with E-state index in [1.54, 1.807) is 18.0 Å². The van der Waals surface area contributed by atoms with Crippen LogP contribution in [-0.4, -0.2) is 11.4 Å². The summed E-state index contributed by atoms with van der Waals surface area (Å²) in [6.07, 6.45) is 3.78. The Morgan fingerprint density at radius 2 is 2.30 bits per heavy atom. The summed E-state index contributed by atoms with van der Waals surface area (Å²) in [7, 11) is 0. The van der Waals surface area contributed by atoms with Crippen LogP contribution in [0.2, 0.25) is 0 Å². The van der Waals surface area contributed by atoms with Crippen LogP contribution in [0.25, 0.3) is 0 Å². The Kier molecular flexibility index (Phi) is 2.38. The summed E-state index contributed by atoms with van der Waals surface area (Å²) in [5.74, 6) is 0.508. The van der Waals surface area contributed by atoms with Crippen LogP contribution >= 0.6 is 11.8 Å². The summed E-state index contributed by atoms with van der Waals surface area (Å²) in [4.78, 5) is 0. The molecule has 0 unspecified atom stereocenters. The summed E-state index contributed by atoms with van der Waals surface area (Å²) < 4.78 is 4.99. The molecule has 56 valence electrons. The predicted molar refractivity (Wildman–Crippen MR) is 42.4 cm³/mol. The van der Waals surface area contributed by atoms with Gasteiger partial charge in [0.1, 0.15) is 0 Å². The van der Waals surface area contributed by atoms with Crippen LogP contribution in [0.15, 0.2) is 15.8 Å². The van der Waals surface area contributed by atoms with Gasteiger partial charge in [-0.3, -0.25) is 0 Å². The molecule has 1 rings (SSSR count). The zero-order valence-corrected chi connectivity index (χ0v) is 7.23. The Morgan fingerprint density at radius 1 is 1.60 bits per heavy atom. The van der Waals surface area contributed by atoms with E-state index in [9.17, 15) is 0 Å². The van der Waals surface area contributed by atoms with E-state index in [4.69, 9.17) is 4.52 Å². The summed E-state index contributed by atoms with van der Waals surface area (Å²) in [5, 5.41) is 4.66. The molecule has 0 saturated carbocycles. The van der Waals surface area contributed by atoms with Gasteiger partial charge < -0.3 is 4.52 Å². The largest absolute Gasteiger partial charge is 0.350 e. The first-order valence-electron chi connectivity index (χ1n) is 3.24. The van der Waals surface area contributed by atoms with Crippen molar-refractivity contribution >= 4 is 11.8 Å². The van der Waals surface area contributed by atoms with E-state index in [2.05, 4.69) is 19.0 Å². The number of thioether (sulfide) groups is 1. The minimum atomic E-state index is 0.508. The normalized spacial score (nSPS) is 10.8. The first-order chi connectivity index (χ1) is 4.75. The van der Waals surface area contributed by atoms with E-state index in [1.165, 1.54) is 5.56 Å². The maximum Gasteiger partial charge on any atom is 0.196 e. The summed E-state index contributed by atoms with van der Waals surface area (Å²) in [6.45, 7) is 4.26. The van der Waals surface area contributed by atoms with Gasteiger partial charge in [0.2, 0.25) is 0 Å². The molecular weight excluding hydrogens is 146 g/mol. The highest BCUT2D eigenvalue weighted by Gasteiger charge is 2.09. The fraction of sp³-hybridized carbons (Fsp3) is 0.571. The molecule has 2 nitrogen and oxygen atoms in total. The zero-order chi connectivity index (χ0) is 7.56. The number of hydrogen-bond acceptors (Lipinski definition) is 3. The van der Waals surface area contributed by atoms with E-state index in [0.29, 0.717) is 5.92 Å². The number of rotatable bonds is 2. The summed E-state index contributed by atoms with van der Waals surface area (Å²) >= 11 is 1.60. The molecule has 0 fully saturated rings. The highest BCUT2D eigenvalue weighted by Crippen LogP contribution is 2.25. The second-order valence-corrected chi connectivity index (χ2v) is 3.21. The SMILES string of the molecule is CSc1oncc1C(C)C. The maximum atomic E-state index is 4.99. The van der Waals surface area contributed by atoms with Crippen molar-refractivity contribution in [2.75, 3.05) is 6.26 Å². The molecule has 0 atom stereocenters. The van der Waals surface area contributed by atoms with Gasteiger partial charge in [-0.25, -0.2) is 0 Å². The number of nitrogens with zero attached hydrogens (tertiary/aromatic N) is 1. The van der Waals surface area contributed by atoms with Crippen molar-refractivity contribution in [3.05, 3.63) is 11.8 Å². The third-order valence-electron chi connectivity index (χ3n) is 1.37. The van der Waals surface area contributed by atoms with E-state index < -0.39 is 0 Å². The van der Waals surface area contributed by atoms with E-state index >= 15 is 0 Å². The number of hydrogen-bond donors (Lipinski definition) is 0. The monoisotopic (exact) mass is 157 g/mol. The van der Waals surface area contributed by atoms with Gasteiger partial charge in [-0.1, -0.05) is 30.8 Å². The molecule has 0 aliphatic carbocycles. The third-order valence-corrected chi connectivity index (χ3v) is 2.05. The van der Waals surface area contributed by atoms with Gasteiger partial charge in [-0.2, -0.15) is 0 Å². The van der Waals surface area contributed by atoms with Gasteiger partial charge in [-0.05, 0) is 12.2 Å². The Labute approximate surface area is 65.0 Å². The predicted octanol–water partition coefficient (Wildman–Crippen LogP) is 2.52. The first kappa shape index (κ1) is 7.66. The van der Waals surface area contributed by atoms with Gasteiger partial charge in [0.25, 0.3) is 0 Å². The molecule has 1 aromatic rings. The molecule has 0 spiro atoms. The van der Waals surface area contributed by atoms with Crippen molar-refractivity contribution in [3.8, 4) is 0 Å². The standard InChI is InChI=1S/C7H11NOS/c1-5(2)6-4-8-9-7(6)10-3/h4-5H,1-3H3. The zero-order valence-electron chi connectivity index (χ0n) is 6.42. The van der Waals surface area contributed by atoms with Gasteiger partial charge in [0.05, 0.1) is 6.20 Å². The molecule has 10 heavy (non-hydrogen) atoms. The minimum absolute atomic E-state index is 0.508. The van der Waals surface area contributed by atoms with E-state index in [-0.39, 0.29) is 0 Å². The maximum absolute atomic E-state index is 4.99. The molecule has 1 aromatic heterocycles.